The van der Waals surface area contributed by atoms with E-state index in [9.17, 15) is 9.90 Å². The van der Waals surface area contributed by atoms with Gasteiger partial charge in [0.15, 0.2) is 0 Å². The Morgan fingerprint density at radius 3 is 2.64 bits per heavy atom. The number of hydrogen-bond donors (Lipinski definition) is 1. The molecule has 1 amide bonds. The van der Waals surface area contributed by atoms with E-state index in [0.29, 0.717) is 18.4 Å². The van der Waals surface area contributed by atoms with Gasteiger partial charge in [0.25, 0.3) is 5.91 Å². The number of carbonyl (C=O) groups is 1. The molecule has 1 aliphatic heterocycles. The highest BCUT2D eigenvalue weighted by Gasteiger charge is 2.36. The topological polar surface area (TPSA) is 58.4 Å². The molecule has 2 fully saturated rings. The Morgan fingerprint density at radius 2 is 2.09 bits per heavy atom. The Morgan fingerprint density at radius 1 is 1.36 bits per heavy atom. The van der Waals surface area contributed by atoms with Crippen molar-refractivity contribution < 1.29 is 9.90 Å². The van der Waals surface area contributed by atoms with E-state index < -0.39 is 0 Å². The van der Waals surface area contributed by atoms with E-state index in [1.54, 1.807) is 6.20 Å². The first-order valence-corrected chi connectivity index (χ1v) is 8.50. The highest BCUT2D eigenvalue weighted by Crippen LogP contribution is 2.42. The zero-order valence-corrected chi connectivity index (χ0v) is 13.8. The maximum atomic E-state index is 12.9. The average molecular weight is 305 g/mol. The van der Waals surface area contributed by atoms with E-state index in [-0.39, 0.29) is 17.9 Å². The molecule has 0 spiro atoms. The zero-order chi connectivity index (χ0) is 15.9. The van der Waals surface area contributed by atoms with Crippen LogP contribution in [0.2, 0.25) is 0 Å². The lowest BCUT2D eigenvalue weighted by Crippen LogP contribution is -2.31. The molecule has 2 unspecified atom stereocenters. The average Bonchev–Trinajstić information content (AvgIpc) is 3.01. The van der Waals surface area contributed by atoms with Crippen molar-refractivity contribution >= 4 is 5.91 Å². The molecule has 1 N–H and O–H groups in total. The number of rotatable bonds is 5. The molecule has 1 aromatic heterocycles. The van der Waals surface area contributed by atoms with Crippen LogP contribution in [0.3, 0.4) is 0 Å². The van der Waals surface area contributed by atoms with Crippen LogP contribution in [0, 0.1) is 11.8 Å². The van der Waals surface area contributed by atoms with Crippen molar-refractivity contribution in [2.24, 2.45) is 11.8 Å². The third kappa shape index (κ3) is 3.05. The minimum Gasteiger partial charge on any atom is -0.393 e. The quantitative estimate of drug-likeness (QED) is 0.908. The van der Waals surface area contributed by atoms with Gasteiger partial charge in [-0.15, -0.1) is 0 Å². The molecule has 1 saturated heterocycles. The number of aliphatic hydroxyl groups is 1. The van der Waals surface area contributed by atoms with Crippen molar-refractivity contribution in [1.29, 1.82) is 0 Å². The molecule has 0 aromatic carbocycles. The third-order valence-corrected chi connectivity index (χ3v) is 4.81. The molecular weight excluding hydrogens is 278 g/mol. The molecule has 2 atom stereocenters. The molecule has 5 heteroatoms. The number of amides is 1. The Labute approximate surface area is 132 Å². The molecule has 0 radical (unpaired) electrons. The van der Waals surface area contributed by atoms with Crippen molar-refractivity contribution in [2.75, 3.05) is 13.1 Å². The SMILES string of the molecule is CC(C)Cn1ncc(C(=O)N2CCC(C(C)O)C2)c1C1CC1. The van der Waals surface area contributed by atoms with E-state index in [0.717, 1.165) is 30.8 Å². The van der Waals surface area contributed by atoms with Crippen molar-refractivity contribution in [2.45, 2.75) is 58.6 Å². The van der Waals surface area contributed by atoms with Gasteiger partial charge >= 0.3 is 0 Å². The molecule has 0 bridgehead atoms. The van der Waals surface area contributed by atoms with E-state index in [1.165, 1.54) is 12.8 Å². The molecule has 2 aliphatic rings. The molecule has 1 aliphatic carbocycles. The smallest absolute Gasteiger partial charge is 0.257 e. The molecule has 1 aromatic rings. The zero-order valence-electron chi connectivity index (χ0n) is 13.8. The fraction of sp³-hybridized carbons (Fsp3) is 0.765. The van der Waals surface area contributed by atoms with Crippen LogP contribution in [-0.4, -0.2) is 44.9 Å². The minimum absolute atomic E-state index is 0.0973. The summed E-state index contributed by atoms with van der Waals surface area (Å²) in [6.07, 6.45) is 4.64. The minimum atomic E-state index is -0.343. The van der Waals surface area contributed by atoms with Crippen LogP contribution in [0.25, 0.3) is 0 Å². The fourth-order valence-electron chi connectivity index (χ4n) is 3.37. The largest absolute Gasteiger partial charge is 0.393 e. The Kier molecular flexibility index (Phi) is 4.26. The summed E-state index contributed by atoms with van der Waals surface area (Å²) < 4.78 is 2.04. The van der Waals surface area contributed by atoms with Crippen molar-refractivity contribution in [3.8, 4) is 0 Å². The number of carbonyl (C=O) groups excluding carboxylic acids is 1. The van der Waals surface area contributed by atoms with Crippen LogP contribution < -0.4 is 0 Å². The van der Waals surface area contributed by atoms with Gasteiger partial charge in [-0.3, -0.25) is 9.48 Å². The van der Waals surface area contributed by atoms with Gasteiger partial charge in [0.05, 0.1) is 23.6 Å². The van der Waals surface area contributed by atoms with Gasteiger partial charge in [0.2, 0.25) is 0 Å². The van der Waals surface area contributed by atoms with E-state index in [4.69, 9.17) is 0 Å². The van der Waals surface area contributed by atoms with Crippen LogP contribution in [0.4, 0.5) is 0 Å². The lowest BCUT2D eigenvalue weighted by Gasteiger charge is -2.18. The van der Waals surface area contributed by atoms with E-state index >= 15 is 0 Å². The highest BCUT2D eigenvalue weighted by atomic mass is 16.3. The Hall–Kier alpha value is -1.36. The van der Waals surface area contributed by atoms with Gasteiger partial charge < -0.3 is 10.0 Å². The molecule has 22 heavy (non-hydrogen) atoms. The fourth-order valence-corrected chi connectivity index (χ4v) is 3.37. The Bertz CT molecular complexity index is 546. The molecule has 3 rings (SSSR count). The van der Waals surface area contributed by atoms with Crippen molar-refractivity contribution in [1.82, 2.24) is 14.7 Å². The second kappa shape index (κ2) is 6.03. The van der Waals surface area contributed by atoms with Gasteiger partial charge in [-0.25, -0.2) is 0 Å². The normalized spacial score (nSPS) is 23.3. The highest BCUT2D eigenvalue weighted by molar-refractivity contribution is 5.95. The Balaban J connectivity index is 1.79. The second-order valence-corrected chi connectivity index (χ2v) is 7.33. The maximum absolute atomic E-state index is 12.9. The summed E-state index contributed by atoms with van der Waals surface area (Å²) in [5.74, 6) is 1.33. The molecule has 2 heterocycles. The van der Waals surface area contributed by atoms with Crippen molar-refractivity contribution in [3.05, 3.63) is 17.5 Å². The maximum Gasteiger partial charge on any atom is 0.257 e. The summed E-state index contributed by atoms with van der Waals surface area (Å²) >= 11 is 0. The molecule has 122 valence electrons. The van der Waals surface area contributed by atoms with Crippen LogP contribution >= 0.6 is 0 Å². The summed E-state index contributed by atoms with van der Waals surface area (Å²) in [6, 6.07) is 0. The second-order valence-electron chi connectivity index (χ2n) is 7.33. The van der Waals surface area contributed by atoms with Gasteiger partial charge in [0.1, 0.15) is 0 Å². The number of aliphatic hydroxyl groups excluding tert-OH is 1. The van der Waals surface area contributed by atoms with Gasteiger partial charge in [-0.1, -0.05) is 13.8 Å². The van der Waals surface area contributed by atoms with Gasteiger partial charge in [-0.2, -0.15) is 5.10 Å². The molecule has 1 saturated carbocycles. The number of hydrogen-bond acceptors (Lipinski definition) is 3. The van der Waals surface area contributed by atoms with E-state index in [1.807, 2.05) is 16.5 Å². The lowest BCUT2D eigenvalue weighted by atomic mass is 10.0. The number of nitrogens with zero attached hydrogens (tertiary/aromatic N) is 3. The standard InChI is InChI=1S/C17H27N3O2/c1-11(2)9-20-16(13-4-5-13)15(8-18-20)17(22)19-7-6-14(10-19)12(3)21/h8,11-14,21H,4-7,9-10H2,1-3H3. The number of likely N-dealkylation sites (tertiary alicyclic amines) is 1. The van der Waals surface area contributed by atoms with Crippen LogP contribution in [0.5, 0.6) is 0 Å². The number of aromatic nitrogens is 2. The summed E-state index contributed by atoms with van der Waals surface area (Å²) in [7, 11) is 0. The van der Waals surface area contributed by atoms with Gasteiger partial charge in [0, 0.05) is 31.5 Å². The van der Waals surface area contributed by atoms with Gasteiger partial charge in [-0.05, 0) is 32.1 Å². The van der Waals surface area contributed by atoms with Crippen LogP contribution in [0.15, 0.2) is 6.20 Å². The van der Waals surface area contributed by atoms with E-state index in [2.05, 4.69) is 18.9 Å². The summed E-state index contributed by atoms with van der Waals surface area (Å²) in [6.45, 7) is 8.44. The summed E-state index contributed by atoms with van der Waals surface area (Å²) in [5.41, 5.74) is 1.92. The first-order chi connectivity index (χ1) is 10.5. The lowest BCUT2D eigenvalue weighted by molar-refractivity contribution is 0.0761. The molecular formula is C17H27N3O2. The third-order valence-electron chi connectivity index (χ3n) is 4.81. The summed E-state index contributed by atoms with van der Waals surface area (Å²) in [4.78, 5) is 14.7. The molecule has 5 nitrogen and oxygen atoms in total. The first-order valence-electron chi connectivity index (χ1n) is 8.50. The van der Waals surface area contributed by atoms with Crippen LogP contribution in [0.1, 0.15) is 62.0 Å². The predicted molar refractivity (Wildman–Crippen MR) is 84.7 cm³/mol. The monoisotopic (exact) mass is 305 g/mol. The predicted octanol–water partition coefficient (Wildman–Crippen LogP) is 2.26. The van der Waals surface area contributed by atoms with Crippen LogP contribution in [-0.2, 0) is 6.54 Å². The van der Waals surface area contributed by atoms with Crippen molar-refractivity contribution in [3.63, 3.8) is 0 Å². The first kappa shape index (κ1) is 15.5. The summed E-state index contributed by atoms with van der Waals surface area (Å²) in [5, 5.41) is 14.2.